The number of nitrogens with zero attached hydrogens (tertiary/aromatic N) is 3. The number of aliphatic hydroxyl groups is 1. The number of hydrogen-bond acceptors (Lipinski definition) is 6. The molecule has 7 nitrogen and oxygen atoms in total. The van der Waals surface area contributed by atoms with Crippen LogP contribution in [0.3, 0.4) is 0 Å². The minimum absolute atomic E-state index is 0.253. The number of carbonyl (C=O) groups is 1. The SMILES string of the molecule is O=C(O)c1cc(Cc2ccc(N3CC4C(C3)C4(F)F)nc2CO)no1. The molecule has 0 aromatic carbocycles. The Morgan fingerprint density at radius 3 is 2.68 bits per heavy atom. The fourth-order valence-electron chi connectivity index (χ4n) is 3.38. The average molecular weight is 351 g/mol. The highest BCUT2D eigenvalue weighted by atomic mass is 19.3. The molecule has 0 amide bonds. The minimum atomic E-state index is -2.55. The second kappa shape index (κ2) is 5.48. The smallest absolute Gasteiger partial charge is 0.374 e. The lowest BCUT2D eigenvalue weighted by atomic mass is 10.1. The molecule has 0 bridgehead atoms. The summed E-state index contributed by atoms with van der Waals surface area (Å²) >= 11 is 0. The minimum Gasteiger partial charge on any atom is -0.475 e. The van der Waals surface area contributed by atoms with Crippen LogP contribution in [0, 0.1) is 11.8 Å². The first-order valence-electron chi connectivity index (χ1n) is 7.81. The normalized spacial score (nSPS) is 23.6. The highest BCUT2D eigenvalue weighted by Crippen LogP contribution is 2.59. The van der Waals surface area contributed by atoms with E-state index in [1.807, 2.05) is 0 Å². The van der Waals surface area contributed by atoms with Gasteiger partial charge in [-0.25, -0.2) is 18.6 Å². The summed E-state index contributed by atoms with van der Waals surface area (Å²) in [4.78, 5) is 17.0. The number of halogens is 2. The Morgan fingerprint density at radius 1 is 1.36 bits per heavy atom. The number of aromatic nitrogens is 2. The molecular formula is C16H15F2N3O4. The monoisotopic (exact) mass is 351 g/mol. The highest BCUT2D eigenvalue weighted by Gasteiger charge is 2.71. The summed E-state index contributed by atoms with van der Waals surface area (Å²) in [5.41, 5.74) is 1.49. The van der Waals surface area contributed by atoms with Crippen molar-refractivity contribution < 1.29 is 28.3 Å². The van der Waals surface area contributed by atoms with E-state index < -0.39 is 23.7 Å². The van der Waals surface area contributed by atoms with Crippen molar-refractivity contribution in [3.05, 3.63) is 40.9 Å². The van der Waals surface area contributed by atoms with Crippen LogP contribution in [0.2, 0.25) is 0 Å². The molecular weight excluding hydrogens is 336 g/mol. The quantitative estimate of drug-likeness (QED) is 0.843. The zero-order valence-electron chi connectivity index (χ0n) is 13.0. The number of rotatable bonds is 5. The number of aromatic carboxylic acids is 1. The number of carboxylic acid groups (broad SMARTS) is 1. The van der Waals surface area contributed by atoms with Crippen LogP contribution in [0.5, 0.6) is 0 Å². The number of alkyl halides is 2. The van der Waals surface area contributed by atoms with Gasteiger partial charge < -0.3 is 19.6 Å². The Balaban J connectivity index is 1.51. The molecule has 2 atom stereocenters. The Hall–Kier alpha value is -2.55. The molecule has 0 spiro atoms. The molecule has 2 fully saturated rings. The number of piperidine rings is 1. The largest absolute Gasteiger partial charge is 0.475 e. The number of hydrogen-bond donors (Lipinski definition) is 2. The first-order valence-corrected chi connectivity index (χ1v) is 7.81. The van der Waals surface area contributed by atoms with Gasteiger partial charge in [0.2, 0.25) is 5.76 Å². The lowest BCUT2D eigenvalue weighted by Gasteiger charge is -2.22. The Kier molecular flexibility index (Phi) is 3.50. The van der Waals surface area contributed by atoms with Gasteiger partial charge in [0.1, 0.15) is 5.82 Å². The van der Waals surface area contributed by atoms with Gasteiger partial charge in [-0.1, -0.05) is 11.2 Å². The van der Waals surface area contributed by atoms with E-state index in [4.69, 9.17) is 9.63 Å². The molecule has 2 unspecified atom stereocenters. The number of aliphatic hydroxyl groups excluding tert-OH is 1. The summed E-state index contributed by atoms with van der Waals surface area (Å²) < 4.78 is 31.3. The van der Waals surface area contributed by atoms with Crippen molar-refractivity contribution in [2.45, 2.75) is 19.0 Å². The summed E-state index contributed by atoms with van der Waals surface area (Å²) in [7, 11) is 0. The molecule has 1 saturated carbocycles. The summed E-state index contributed by atoms with van der Waals surface area (Å²) in [6, 6.07) is 4.77. The Morgan fingerprint density at radius 2 is 2.08 bits per heavy atom. The van der Waals surface area contributed by atoms with Gasteiger partial charge in [-0.05, 0) is 11.6 Å². The zero-order chi connectivity index (χ0) is 17.8. The molecule has 0 radical (unpaired) electrons. The molecule has 2 N–H and O–H groups in total. The standard InChI is InChI=1S/C16H15F2N3O4/c17-16(18)10-5-21(6-11(10)16)14-2-1-8(12(7-22)19-14)3-9-4-13(15(23)24)25-20-9/h1-2,4,10-11,22H,3,5-7H2,(H,23,24). The van der Waals surface area contributed by atoms with E-state index >= 15 is 0 Å². The number of anilines is 1. The average Bonchev–Trinajstić information content (AvgIpc) is 3.05. The fourth-order valence-corrected chi connectivity index (χ4v) is 3.38. The van der Waals surface area contributed by atoms with E-state index in [-0.39, 0.29) is 31.9 Å². The molecule has 2 aromatic heterocycles. The lowest BCUT2D eigenvalue weighted by Crippen LogP contribution is -2.28. The van der Waals surface area contributed by atoms with E-state index in [0.717, 1.165) is 0 Å². The van der Waals surface area contributed by atoms with Crippen LogP contribution in [0.1, 0.15) is 27.5 Å². The van der Waals surface area contributed by atoms with Crippen LogP contribution in [0.15, 0.2) is 22.7 Å². The van der Waals surface area contributed by atoms with Gasteiger partial charge in [0.05, 0.1) is 29.8 Å². The van der Waals surface area contributed by atoms with Crippen LogP contribution < -0.4 is 4.90 Å². The lowest BCUT2D eigenvalue weighted by molar-refractivity contribution is 0.0651. The summed E-state index contributed by atoms with van der Waals surface area (Å²) in [6.45, 7) is 0.212. The second-order valence-electron chi connectivity index (χ2n) is 6.39. The fraction of sp³-hybridized carbons (Fsp3) is 0.438. The molecule has 132 valence electrons. The number of carboxylic acids is 1. The zero-order valence-corrected chi connectivity index (χ0v) is 13.0. The van der Waals surface area contributed by atoms with E-state index in [0.29, 0.717) is 22.8 Å². The molecule has 2 aromatic rings. The molecule has 4 rings (SSSR count). The Labute approximate surface area is 140 Å². The van der Waals surface area contributed by atoms with Gasteiger partial charge in [0.15, 0.2) is 0 Å². The molecule has 1 aliphatic carbocycles. The van der Waals surface area contributed by atoms with Gasteiger partial charge >= 0.3 is 5.97 Å². The third-order valence-electron chi connectivity index (χ3n) is 4.87. The molecule has 25 heavy (non-hydrogen) atoms. The van der Waals surface area contributed by atoms with Crippen molar-refractivity contribution in [1.82, 2.24) is 10.1 Å². The molecule has 3 heterocycles. The van der Waals surface area contributed by atoms with Crippen molar-refractivity contribution in [1.29, 1.82) is 0 Å². The van der Waals surface area contributed by atoms with Crippen molar-refractivity contribution in [3.8, 4) is 0 Å². The second-order valence-corrected chi connectivity index (χ2v) is 6.39. The summed E-state index contributed by atoms with van der Waals surface area (Å²) in [6.07, 6.45) is 0.253. The third kappa shape index (κ3) is 2.64. The molecule has 2 aliphatic rings. The van der Waals surface area contributed by atoms with Crippen LogP contribution >= 0.6 is 0 Å². The molecule has 9 heteroatoms. The molecule has 1 saturated heterocycles. The first kappa shape index (κ1) is 15.9. The topological polar surface area (TPSA) is 99.7 Å². The van der Waals surface area contributed by atoms with Gasteiger partial charge in [-0.15, -0.1) is 0 Å². The van der Waals surface area contributed by atoms with Crippen molar-refractivity contribution >= 4 is 11.8 Å². The highest BCUT2D eigenvalue weighted by molar-refractivity contribution is 5.84. The first-order chi connectivity index (χ1) is 11.9. The van der Waals surface area contributed by atoms with Crippen molar-refractivity contribution in [3.63, 3.8) is 0 Å². The summed E-state index contributed by atoms with van der Waals surface area (Å²) in [5.74, 6) is -4.67. The van der Waals surface area contributed by atoms with Crippen LogP contribution in [0.25, 0.3) is 0 Å². The van der Waals surface area contributed by atoms with E-state index in [2.05, 4.69) is 10.1 Å². The third-order valence-corrected chi connectivity index (χ3v) is 4.87. The van der Waals surface area contributed by atoms with Crippen molar-refractivity contribution in [2.75, 3.05) is 18.0 Å². The predicted molar refractivity (Wildman–Crippen MR) is 80.6 cm³/mol. The van der Waals surface area contributed by atoms with E-state index in [9.17, 15) is 18.7 Å². The molecule has 1 aliphatic heterocycles. The van der Waals surface area contributed by atoms with Gasteiger partial charge in [-0.2, -0.15) is 0 Å². The maximum atomic E-state index is 13.3. The Bertz CT molecular complexity index is 825. The van der Waals surface area contributed by atoms with Gasteiger partial charge in [0, 0.05) is 25.6 Å². The van der Waals surface area contributed by atoms with Crippen LogP contribution in [-0.2, 0) is 13.0 Å². The van der Waals surface area contributed by atoms with E-state index in [1.165, 1.54) is 6.07 Å². The maximum absolute atomic E-state index is 13.3. The number of fused-ring (bicyclic) bond motifs is 1. The maximum Gasteiger partial charge on any atom is 0.374 e. The van der Waals surface area contributed by atoms with Crippen molar-refractivity contribution in [2.24, 2.45) is 11.8 Å². The van der Waals surface area contributed by atoms with Gasteiger partial charge in [-0.3, -0.25) is 0 Å². The van der Waals surface area contributed by atoms with Gasteiger partial charge in [0.25, 0.3) is 5.92 Å². The summed E-state index contributed by atoms with van der Waals surface area (Å²) in [5, 5.41) is 22.1. The van der Waals surface area contributed by atoms with Crippen LogP contribution in [0.4, 0.5) is 14.6 Å². The van der Waals surface area contributed by atoms with E-state index in [1.54, 1.807) is 17.0 Å². The predicted octanol–water partition coefficient (Wildman–Crippen LogP) is 1.55. The van der Waals surface area contributed by atoms with Crippen LogP contribution in [-0.4, -0.2) is 45.3 Å². The number of pyridine rings is 1.